The zero-order valence-corrected chi connectivity index (χ0v) is 15.7. The maximum Gasteiger partial charge on any atom is 0.269 e. The minimum Gasteiger partial charge on any atom is -0.318 e. The molecule has 0 N–H and O–H groups in total. The lowest BCUT2D eigenvalue weighted by Gasteiger charge is -2.02. The maximum atomic E-state index is 10.8. The van der Waals surface area contributed by atoms with Crippen molar-refractivity contribution >= 4 is 34.3 Å². The number of nitro groups is 1. The van der Waals surface area contributed by atoms with Gasteiger partial charge in [0.15, 0.2) is 0 Å². The number of hydrogen-bond acceptors (Lipinski definition) is 5. The van der Waals surface area contributed by atoms with E-state index in [1.54, 1.807) is 12.1 Å². The van der Waals surface area contributed by atoms with Gasteiger partial charge in [0.2, 0.25) is 4.80 Å². The van der Waals surface area contributed by atoms with Crippen LogP contribution >= 0.6 is 22.9 Å². The van der Waals surface area contributed by atoms with E-state index in [0.29, 0.717) is 5.02 Å². The van der Waals surface area contributed by atoms with Crippen LogP contribution in [-0.4, -0.2) is 15.2 Å². The molecule has 2 aromatic carbocycles. The van der Waals surface area contributed by atoms with Gasteiger partial charge in [0.05, 0.1) is 16.3 Å². The summed E-state index contributed by atoms with van der Waals surface area (Å²) in [5.41, 5.74) is 3.61. The third-order valence-corrected chi connectivity index (χ3v) is 5.01. The number of rotatable bonds is 4. The van der Waals surface area contributed by atoms with E-state index in [9.17, 15) is 10.1 Å². The Balaban J connectivity index is 1.90. The summed E-state index contributed by atoms with van der Waals surface area (Å²) in [4.78, 5) is 11.1. The third kappa shape index (κ3) is 3.89. The Hall–Kier alpha value is -2.77. The van der Waals surface area contributed by atoms with Gasteiger partial charge in [-0.25, -0.2) is 0 Å². The molecule has 0 aliphatic carbocycles. The van der Waals surface area contributed by atoms with Crippen LogP contribution in [0.25, 0.3) is 11.3 Å². The quantitative estimate of drug-likeness (QED) is 0.372. The lowest BCUT2D eigenvalue weighted by atomic mass is 10.1. The minimum absolute atomic E-state index is 0.0692. The molecule has 0 fully saturated rings. The molecule has 1 heterocycles. The van der Waals surface area contributed by atoms with Crippen molar-refractivity contribution in [1.29, 1.82) is 0 Å². The van der Waals surface area contributed by atoms with Crippen molar-refractivity contribution < 1.29 is 4.92 Å². The molecule has 0 radical (unpaired) electrons. The lowest BCUT2D eigenvalue weighted by Crippen LogP contribution is -2.11. The summed E-state index contributed by atoms with van der Waals surface area (Å²) in [6.07, 6.45) is 0. The highest BCUT2D eigenvalue weighted by Crippen LogP contribution is 2.22. The molecule has 6 nitrogen and oxygen atoms in total. The van der Waals surface area contributed by atoms with Crippen LogP contribution < -0.4 is 4.80 Å². The van der Waals surface area contributed by atoms with Gasteiger partial charge >= 0.3 is 0 Å². The van der Waals surface area contributed by atoms with Crippen LogP contribution in [0.15, 0.2) is 64.1 Å². The maximum absolute atomic E-state index is 10.8. The first-order chi connectivity index (χ1) is 12.5. The van der Waals surface area contributed by atoms with E-state index < -0.39 is 4.92 Å². The second-order valence-corrected chi connectivity index (χ2v) is 6.83. The van der Waals surface area contributed by atoms with Crippen molar-refractivity contribution in [1.82, 2.24) is 4.57 Å². The highest BCUT2D eigenvalue weighted by atomic mass is 35.5. The molecule has 0 aliphatic rings. The number of aromatic nitrogens is 1. The Bertz CT molecular complexity index is 1030. The summed E-state index contributed by atoms with van der Waals surface area (Å²) < 4.78 is 1.91. The van der Waals surface area contributed by atoms with E-state index in [1.165, 1.54) is 23.5 Å². The number of thiazole rings is 1. The molecule has 0 spiro atoms. The SMILES string of the molecule is C/C(=N/N=c1\scc(-c2ccc([N+](=O)[O-])cc2)n1C)c1ccc(Cl)cc1. The average Bonchev–Trinajstić information content (AvgIpc) is 3.01. The lowest BCUT2D eigenvalue weighted by molar-refractivity contribution is -0.384. The van der Waals surface area contributed by atoms with Crippen LogP contribution in [0.5, 0.6) is 0 Å². The second-order valence-electron chi connectivity index (χ2n) is 5.56. The number of non-ortho nitro benzene ring substituents is 1. The molecule has 132 valence electrons. The van der Waals surface area contributed by atoms with Crippen LogP contribution in [0, 0.1) is 10.1 Å². The molecule has 0 unspecified atom stereocenters. The molecule has 0 amide bonds. The van der Waals surface area contributed by atoms with E-state index in [1.807, 2.05) is 48.2 Å². The number of benzene rings is 2. The third-order valence-electron chi connectivity index (χ3n) is 3.85. The topological polar surface area (TPSA) is 72.8 Å². The van der Waals surface area contributed by atoms with Gasteiger partial charge in [-0.15, -0.1) is 16.4 Å². The Morgan fingerprint density at radius 3 is 2.42 bits per heavy atom. The summed E-state index contributed by atoms with van der Waals surface area (Å²) >= 11 is 7.35. The smallest absolute Gasteiger partial charge is 0.269 e. The summed E-state index contributed by atoms with van der Waals surface area (Å²) in [6, 6.07) is 13.9. The summed E-state index contributed by atoms with van der Waals surface area (Å²) in [5, 5.41) is 22.0. The number of nitrogens with zero attached hydrogens (tertiary/aromatic N) is 4. The monoisotopic (exact) mass is 386 g/mol. The van der Waals surface area contributed by atoms with Gasteiger partial charge in [-0.05, 0) is 42.3 Å². The molecule has 26 heavy (non-hydrogen) atoms. The van der Waals surface area contributed by atoms with Crippen molar-refractivity contribution in [3.05, 3.63) is 79.4 Å². The van der Waals surface area contributed by atoms with Crippen LogP contribution in [0.3, 0.4) is 0 Å². The fraction of sp³-hybridized carbons (Fsp3) is 0.111. The summed E-state index contributed by atoms with van der Waals surface area (Å²) in [6.45, 7) is 1.89. The second kappa shape index (κ2) is 7.63. The molecule has 0 saturated heterocycles. The van der Waals surface area contributed by atoms with E-state index >= 15 is 0 Å². The van der Waals surface area contributed by atoms with Gasteiger partial charge in [-0.1, -0.05) is 23.7 Å². The highest BCUT2D eigenvalue weighted by Gasteiger charge is 2.08. The number of hydrogen-bond donors (Lipinski definition) is 0. The fourth-order valence-electron chi connectivity index (χ4n) is 2.34. The standard InChI is InChI=1S/C18H15ClN4O2S/c1-12(13-3-7-15(19)8-4-13)20-21-18-22(2)17(11-26-18)14-5-9-16(10-6-14)23(24)25/h3-11H,1-2H3/b20-12-,21-18-. The predicted octanol–water partition coefficient (Wildman–Crippen LogP) is 4.64. The molecule has 3 rings (SSSR count). The molecule has 0 atom stereocenters. The van der Waals surface area contributed by atoms with Gasteiger partial charge < -0.3 is 4.57 Å². The Labute approximate surface area is 158 Å². The van der Waals surface area contributed by atoms with E-state index in [4.69, 9.17) is 11.6 Å². The first-order valence-corrected chi connectivity index (χ1v) is 8.95. The van der Waals surface area contributed by atoms with Gasteiger partial charge in [0.1, 0.15) is 0 Å². The minimum atomic E-state index is -0.410. The van der Waals surface area contributed by atoms with E-state index in [0.717, 1.165) is 27.3 Å². The molecule has 3 aromatic rings. The van der Waals surface area contributed by atoms with Crippen molar-refractivity contribution in [3.63, 3.8) is 0 Å². The normalized spacial score (nSPS) is 12.4. The number of halogens is 1. The van der Waals surface area contributed by atoms with Crippen molar-refractivity contribution in [2.24, 2.45) is 17.3 Å². The van der Waals surface area contributed by atoms with Crippen molar-refractivity contribution in [3.8, 4) is 11.3 Å². The Kier molecular flexibility index (Phi) is 5.29. The molecular formula is C18H15ClN4O2S. The first-order valence-electron chi connectivity index (χ1n) is 7.69. The van der Waals surface area contributed by atoms with Crippen LogP contribution in [0.4, 0.5) is 5.69 Å². The van der Waals surface area contributed by atoms with Gasteiger partial charge in [0.25, 0.3) is 5.69 Å². The van der Waals surface area contributed by atoms with Crippen LogP contribution in [0.2, 0.25) is 5.02 Å². The highest BCUT2D eigenvalue weighted by molar-refractivity contribution is 7.07. The molecule has 0 bridgehead atoms. The fourth-order valence-corrected chi connectivity index (χ4v) is 3.32. The largest absolute Gasteiger partial charge is 0.318 e. The Morgan fingerprint density at radius 1 is 1.15 bits per heavy atom. The summed E-state index contributed by atoms with van der Waals surface area (Å²) in [5.74, 6) is 0. The first kappa shape index (κ1) is 18.0. The van der Waals surface area contributed by atoms with E-state index in [-0.39, 0.29) is 5.69 Å². The molecule has 1 aromatic heterocycles. The van der Waals surface area contributed by atoms with E-state index in [2.05, 4.69) is 10.2 Å². The van der Waals surface area contributed by atoms with Gasteiger partial charge in [0, 0.05) is 29.6 Å². The van der Waals surface area contributed by atoms with Crippen LogP contribution in [0.1, 0.15) is 12.5 Å². The van der Waals surface area contributed by atoms with Gasteiger partial charge in [-0.3, -0.25) is 10.1 Å². The molecular weight excluding hydrogens is 372 g/mol. The Morgan fingerprint density at radius 2 is 1.81 bits per heavy atom. The molecule has 0 aliphatic heterocycles. The molecule has 8 heteroatoms. The number of nitro benzene ring substituents is 1. The zero-order chi connectivity index (χ0) is 18.7. The predicted molar refractivity (Wildman–Crippen MR) is 105 cm³/mol. The van der Waals surface area contributed by atoms with Crippen molar-refractivity contribution in [2.45, 2.75) is 6.92 Å². The van der Waals surface area contributed by atoms with Gasteiger partial charge in [-0.2, -0.15) is 5.10 Å². The molecule has 0 saturated carbocycles. The van der Waals surface area contributed by atoms with Crippen molar-refractivity contribution in [2.75, 3.05) is 0 Å². The summed E-state index contributed by atoms with van der Waals surface area (Å²) in [7, 11) is 1.89. The average molecular weight is 387 g/mol. The van der Waals surface area contributed by atoms with Crippen LogP contribution in [-0.2, 0) is 7.05 Å². The zero-order valence-electron chi connectivity index (χ0n) is 14.1.